The van der Waals surface area contributed by atoms with Gasteiger partial charge in [-0.1, -0.05) is 6.07 Å². The Balaban J connectivity index is 0.000000494. The van der Waals surface area contributed by atoms with Crippen molar-refractivity contribution in [1.29, 1.82) is 0 Å². The lowest BCUT2D eigenvalue weighted by molar-refractivity contribution is 0.197. The van der Waals surface area contributed by atoms with Crippen LogP contribution < -0.4 is 15.4 Å². The fraction of sp³-hybridized carbons (Fsp3) is 0.333. The van der Waals surface area contributed by atoms with Crippen LogP contribution in [-0.4, -0.2) is 31.4 Å². The summed E-state index contributed by atoms with van der Waals surface area (Å²) in [6, 6.07) is 5.54. The number of carbonyl (C=O) groups is 2. The van der Waals surface area contributed by atoms with Crippen molar-refractivity contribution in [2.75, 3.05) is 14.1 Å². The third-order valence-corrected chi connectivity index (χ3v) is 2.11. The summed E-state index contributed by atoms with van der Waals surface area (Å²) in [6.45, 7) is 3.99. The van der Waals surface area contributed by atoms with Crippen LogP contribution in [0.3, 0.4) is 0 Å². The molecular weight excluding hydrogens is 236 g/mol. The van der Waals surface area contributed by atoms with Crippen molar-refractivity contribution in [2.45, 2.75) is 13.8 Å². The molecule has 0 atom stereocenters. The molecule has 100 valence electrons. The number of ether oxygens (including phenoxy) is 1. The Hall–Kier alpha value is -2.24. The summed E-state index contributed by atoms with van der Waals surface area (Å²) in [6.07, 6.45) is -1.44. The fourth-order valence-electron chi connectivity index (χ4n) is 0.935. The van der Waals surface area contributed by atoms with Crippen molar-refractivity contribution in [2.24, 2.45) is 0 Å². The number of amides is 2. The van der Waals surface area contributed by atoms with Crippen LogP contribution in [0.4, 0.5) is 9.59 Å². The highest BCUT2D eigenvalue weighted by atomic mass is 16.5. The molecule has 6 heteroatoms. The van der Waals surface area contributed by atoms with Gasteiger partial charge in [-0.15, -0.1) is 0 Å². The van der Waals surface area contributed by atoms with Gasteiger partial charge in [-0.25, -0.2) is 9.59 Å². The fourth-order valence-corrected chi connectivity index (χ4v) is 0.935. The van der Waals surface area contributed by atoms with E-state index in [0.717, 1.165) is 5.56 Å². The highest BCUT2D eigenvalue weighted by Crippen LogP contribution is 2.16. The lowest BCUT2D eigenvalue weighted by Gasteiger charge is -2.05. The molecule has 0 saturated carbocycles. The molecule has 0 aromatic heterocycles. The Bertz CT molecular complexity index is 419. The van der Waals surface area contributed by atoms with E-state index in [9.17, 15) is 9.59 Å². The van der Waals surface area contributed by atoms with Crippen LogP contribution in [0, 0.1) is 13.8 Å². The molecule has 0 saturated heterocycles. The Kier molecular flexibility index (Phi) is 6.95. The molecule has 1 rings (SSSR count). The first-order chi connectivity index (χ1) is 8.40. The molecule has 6 nitrogen and oxygen atoms in total. The van der Waals surface area contributed by atoms with E-state index in [1.165, 1.54) is 19.7 Å². The Morgan fingerprint density at radius 1 is 1.11 bits per heavy atom. The average molecular weight is 254 g/mol. The van der Waals surface area contributed by atoms with E-state index in [0.29, 0.717) is 5.75 Å². The summed E-state index contributed by atoms with van der Waals surface area (Å²) >= 11 is 0. The van der Waals surface area contributed by atoms with Crippen LogP contribution in [0.2, 0.25) is 0 Å². The number of hydrogen-bond acceptors (Lipinski definition) is 3. The molecule has 1 aromatic carbocycles. The largest absolute Gasteiger partial charge is 0.465 e. The molecule has 0 aliphatic rings. The van der Waals surface area contributed by atoms with Crippen LogP contribution in [0.5, 0.6) is 5.75 Å². The highest BCUT2D eigenvalue weighted by Gasteiger charge is 2.01. The second kappa shape index (κ2) is 7.94. The number of nitrogens with one attached hydrogen (secondary N) is 2. The summed E-state index contributed by atoms with van der Waals surface area (Å²) in [5.41, 5.74) is 2.30. The van der Waals surface area contributed by atoms with Gasteiger partial charge in [-0.2, -0.15) is 0 Å². The Morgan fingerprint density at radius 3 is 2.06 bits per heavy atom. The van der Waals surface area contributed by atoms with E-state index in [-0.39, 0.29) is 0 Å². The maximum absolute atomic E-state index is 10.8. The molecule has 3 N–H and O–H groups in total. The normalized spacial score (nSPS) is 8.67. The topological polar surface area (TPSA) is 87.7 Å². The van der Waals surface area contributed by atoms with Gasteiger partial charge in [0.1, 0.15) is 5.75 Å². The lowest BCUT2D eigenvalue weighted by Crippen LogP contribution is -2.22. The molecule has 2 amide bonds. The number of hydrogen-bond donors (Lipinski definition) is 3. The van der Waals surface area contributed by atoms with Crippen molar-refractivity contribution in [3.8, 4) is 5.75 Å². The Morgan fingerprint density at radius 2 is 1.67 bits per heavy atom. The molecule has 0 aliphatic carbocycles. The van der Waals surface area contributed by atoms with Crippen molar-refractivity contribution in [1.82, 2.24) is 10.6 Å². The first kappa shape index (κ1) is 15.8. The minimum atomic E-state index is -0.995. The van der Waals surface area contributed by atoms with Gasteiger partial charge >= 0.3 is 12.2 Å². The number of carboxylic acid groups (broad SMARTS) is 1. The van der Waals surface area contributed by atoms with Crippen LogP contribution >= 0.6 is 0 Å². The summed E-state index contributed by atoms with van der Waals surface area (Å²) in [5, 5.41) is 11.9. The van der Waals surface area contributed by atoms with Crippen molar-refractivity contribution in [3.63, 3.8) is 0 Å². The van der Waals surface area contributed by atoms with Crippen LogP contribution in [0.25, 0.3) is 0 Å². The van der Waals surface area contributed by atoms with Gasteiger partial charge in [-0.05, 0) is 37.1 Å². The molecular formula is C12H18N2O4. The van der Waals surface area contributed by atoms with Crippen molar-refractivity contribution >= 4 is 12.2 Å². The molecule has 0 heterocycles. The predicted octanol–water partition coefficient (Wildman–Crippen LogP) is 1.91. The zero-order valence-corrected chi connectivity index (χ0v) is 10.9. The first-order valence-corrected chi connectivity index (χ1v) is 5.28. The molecule has 0 fully saturated rings. The molecule has 0 spiro atoms. The van der Waals surface area contributed by atoms with Crippen molar-refractivity contribution < 1.29 is 19.4 Å². The second-order valence-electron chi connectivity index (χ2n) is 3.44. The minimum absolute atomic E-state index is 0.441. The summed E-state index contributed by atoms with van der Waals surface area (Å²) < 4.78 is 4.95. The van der Waals surface area contributed by atoms with Gasteiger partial charge < -0.3 is 20.5 Å². The number of aryl methyl sites for hydroxylation is 2. The van der Waals surface area contributed by atoms with E-state index >= 15 is 0 Å². The predicted molar refractivity (Wildman–Crippen MR) is 68.1 cm³/mol. The first-order valence-electron chi connectivity index (χ1n) is 5.28. The summed E-state index contributed by atoms with van der Waals surface area (Å²) in [5.74, 6) is 0.572. The zero-order chi connectivity index (χ0) is 14.1. The number of benzene rings is 1. The van der Waals surface area contributed by atoms with E-state index < -0.39 is 12.2 Å². The molecule has 0 bridgehead atoms. The van der Waals surface area contributed by atoms with E-state index in [4.69, 9.17) is 9.84 Å². The van der Waals surface area contributed by atoms with Crippen LogP contribution in [0.1, 0.15) is 11.1 Å². The number of rotatable bonds is 1. The third-order valence-electron chi connectivity index (χ3n) is 2.11. The average Bonchev–Trinajstić information content (AvgIpc) is 2.34. The maximum Gasteiger partial charge on any atom is 0.412 e. The summed E-state index contributed by atoms with van der Waals surface area (Å²) in [4.78, 5) is 20.1. The van der Waals surface area contributed by atoms with E-state index in [1.54, 1.807) is 6.07 Å². The van der Waals surface area contributed by atoms with Gasteiger partial charge in [0.25, 0.3) is 0 Å². The van der Waals surface area contributed by atoms with Gasteiger partial charge in [0.2, 0.25) is 0 Å². The second-order valence-corrected chi connectivity index (χ2v) is 3.44. The minimum Gasteiger partial charge on any atom is -0.465 e. The molecule has 0 unspecified atom stereocenters. The SMILES string of the molecule is CNC(=O)O.CNC(=O)Oc1ccc(C)c(C)c1. The smallest absolute Gasteiger partial charge is 0.412 e. The molecule has 18 heavy (non-hydrogen) atoms. The van der Waals surface area contributed by atoms with Crippen LogP contribution in [0.15, 0.2) is 18.2 Å². The summed E-state index contributed by atoms with van der Waals surface area (Å²) in [7, 11) is 2.88. The number of carbonyl (C=O) groups excluding carboxylic acids is 1. The standard InChI is InChI=1S/C10H13NO2.C2H5NO2/c1-7-4-5-9(6-8(7)2)13-10(12)11-3;1-3-2(4)5/h4-6H,1-3H3,(H,11,12);3H,1H3,(H,4,5). The van der Waals surface area contributed by atoms with E-state index in [1.807, 2.05) is 31.3 Å². The zero-order valence-electron chi connectivity index (χ0n) is 10.9. The Labute approximate surface area is 106 Å². The van der Waals surface area contributed by atoms with E-state index in [2.05, 4.69) is 5.32 Å². The van der Waals surface area contributed by atoms with Gasteiger partial charge in [-0.3, -0.25) is 0 Å². The van der Waals surface area contributed by atoms with Crippen molar-refractivity contribution in [3.05, 3.63) is 29.3 Å². The van der Waals surface area contributed by atoms with Crippen LogP contribution in [-0.2, 0) is 0 Å². The highest BCUT2D eigenvalue weighted by molar-refractivity contribution is 5.70. The maximum atomic E-state index is 10.8. The van der Waals surface area contributed by atoms with Gasteiger partial charge in [0, 0.05) is 14.1 Å². The quantitative estimate of drug-likeness (QED) is 0.714. The third kappa shape index (κ3) is 6.37. The molecule has 1 aromatic rings. The lowest BCUT2D eigenvalue weighted by atomic mass is 10.1. The monoisotopic (exact) mass is 254 g/mol. The molecule has 0 radical (unpaired) electrons. The van der Waals surface area contributed by atoms with Gasteiger partial charge in [0.05, 0.1) is 0 Å². The van der Waals surface area contributed by atoms with Gasteiger partial charge in [0.15, 0.2) is 0 Å². The molecule has 0 aliphatic heterocycles.